The average molecular weight is 331 g/mol. The van der Waals surface area contributed by atoms with Gasteiger partial charge in [0.25, 0.3) is 0 Å². The smallest absolute Gasteiger partial charge is 0.343 e. The second kappa shape index (κ2) is 6.25. The van der Waals surface area contributed by atoms with Crippen LogP contribution < -0.4 is 5.73 Å². The molecule has 0 fully saturated rings. The molecule has 0 amide bonds. The quantitative estimate of drug-likeness (QED) is 0.398. The molecule has 1 aromatic carbocycles. The third-order valence-corrected chi connectivity index (χ3v) is 3.99. The number of thioether (sulfide) groups is 1. The number of nitrogens with two attached hydrogens (primary N) is 1. The Hall–Kier alpha value is -1.57. The maximum atomic E-state index is 11.0. The van der Waals surface area contributed by atoms with Crippen molar-refractivity contribution in [3.05, 3.63) is 50.2 Å². The highest BCUT2D eigenvalue weighted by Gasteiger charge is 2.21. The maximum Gasteiger partial charge on any atom is 0.343 e. The summed E-state index contributed by atoms with van der Waals surface area (Å²) in [4.78, 5) is 17.9. The minimum atomic E-state index is -0.596. The van der Waals surface area contributed by atoms with Gasteiger partial charge in [0.15, 0.2) is 5.03 Å². The molecule has 0 saturated heterocycles. The highest BCUT2D eigenvalue weighted by atomic mass is 35.5. The SMILES string of the molecule is Nc1ncnc(SCc2ccc(Cl)cc2Cl)c1[N+](=O)[O-]. The van der Waals surface area contributed by atoms with E-state index in [0.29, 0.717) is 15.8 Å². The second-order valence-corrected chi connectivity index (χ2v) is 5.50. The fraction of sp³-hybridized carbons (Fsp3) is 0.0909. The molecule has 6 nitrogen and oxygen atoms in total. The molecule has 0 aliphatic rings. The number of nitro groups is 1. The first-order valence-corrected chi connectivity index (χ1v) is 7.04. The summed E-state index contributed by atoms with van der Waals surface area (Å²) < 4.78 is 0. The van der Waals surface area contributed by atoms with Crippen molar-refractivity contribution < 1.29 is 4.92 Å². The highest BCUT2D eigenvalue weighted by Crippen LogP contribution is 2.34. The van der Waals surface area contributed by atoms with Crippen molar-refractivity contribution in [2.45, 2.75) is 10.8 Å². The second-order valence-electron chi connectivity index (χ2n) is 3.69. The number of halogens is 2. The zero-order chi connectivity index (χ0) is 14.7. The summed E-state index contributed by atoms with van der Waals surface area (Å²) in [7, 11) is 0. The lowest BCUT2D eigenvalue weighted by atomic mass is 10.2. The van der Waals surface area contributed by atoms with Gasteiger partial charge in [-0.2, -0.15) is 0 Å². The van der Waals surface area contributed by atoms with Crippen LogP contribution in [0.2, 0.25) is 10.0 Å². The summed E-state index contributed by atoms with van der Waals surface area (Å²) in [5.74, 6) is 0.252. The van der Waals surface area contributed by atoms with Crippen LogP contribution in [0.25, 0.3) is 0 Å². The van der Waals surface area contributed by atoms with Crippen molar-refractivity contribution in [3.8, 4) is 0 Å². The summed E-state index contributed by atoms with van der Waals surface area (Å²) in [5, 5.41) is 12.2. The van der Waals surface area contributed by atoms with Crippen LogP contribution in [0, 0.1) is 10.1 Å². The number of aromatic nitrogens is 2. The molecule has 0 saturated carbocycles. The van der Waals surface area contributed by atoms with Gasteiger partial charge in [0.05, 0.1) is 4.92 Å². The molecular formula is C11H8Cl2N4O2S. The highest BCUT2D eigenvalue weighted by molar-refractivity contribution is 7.98. The Kier molecular flexibility index (Phi) is 4.64. The topological polar surface area (TPSA) is 94.9 Å². The molecule has 2 aromatic rings. The van der Waals surface area contributed by atoms with Crippen LogP contribution in [0.15, 0.2) is 29.6 Å². The van der Waals surface area contributed by atoms with Gasteiger partial charge in [-0.25, -0.2) is 9.97 Å². The van der Waals surface area contributed by atoms with Crippen molar-refractivity contribution >= 4 is 46.5 Å². The van der Waals surface area contributed by atoms with Crippen molar-refractivity contribution in [1.82, 2.24) is 9.97 Å². The Labute approximate surface area is 128 Å². The molecule has 0 aliphatic heterocycles. The van der Waals surface area contributed by atoms with E-state index in [9.17, 15) is 10.1 Å². The predicted octanol–water partition coefficient (Wildman–Crippen LogP) is 3.57. The first kappa shape index (κ1) is 14.8. The summed E-state index contributed by atoms with van der Waals surface area (Å²) in [6.45, 7) is 0. The number of rotatable bonds is 4. The van der Waals surface area contributed by atoms with Crippen LogP contribution >= 0.6 is 35.0 Å². The Morgan fingerprint density at radius 2 is 2.10 bits per heavy atom. The molecule has 0 atom stereocenters. The van der Waals surface area contributed by atoms with Crippen LogP contribution in [0.4, 0.5) is 11.5 Å². The maximum absolute atomic E-state index is 11.0. The number of benzene rings is 1. The van der Waals surface area contributed by atoms with Crippen molar-refractivity contribution in [1.29, 1.82) is 0 Å². The van der Waals surface area contributed by atoms with Crippen LogP contribution in [0.1, 0.15) is 5.56 Å². The molecule has 1 heterocycles. The first-order chi connectivity index (χ1) is 9.49. The summed E-state index contributed by atoms with van der Waals surface area (Å²) >= 11 is 13.0. The van der Waals surface area contributed by atoms with Crippen LogP contribution in [-0.2, 0) is 5.75 Å². The largest absolute Gasteiger partial charge is 0.378 e. The third kappa shape index (κ3) is 3.30. The van der Waals surface area contributed by atoms with Crippen LogP contribution in [0.5, 0.6) is 0 Å². The molecule has 2 N–H and O–H groups in total. The van der Waals surface area contributed by atoms with E-state index in [2.05, 4.69) is 9.97 Å². The van der Waals surface area contributed by atoms with Gasteiger partial charge in [0.2, 0.25) is 5.82 Å². The fourth-order valence-electron chi connectivity index (χ4n) is 1.44. The van der Waals surface area contributed by atoms with Gasteiger partial charge in [-0.05, 0) is 17.7 Å². The zero-order valence-electron chi connectivity index (χ0n) is 9.92. The predicted molar refractivity (Wildman–Crippen MR) is 79.1 cm³/mol. The molecular weight excluding hydrogens is 323 g/mol. The number of hydrogen-bond acceptors (Lipinski definition) is 6. The van der Waals surface area contributed by atoms with Crippen molar-refractivity contribution in [2.75, 3.05) is 5.73 Å². The third-order valence-electron chi connectivity index (χ3n) is 2.38. The van der Waals surface area contributed by atoms with E-state index in [1.165, 1.54) is 6.33 Å². The van der Waals surface area contributed by atoms with E-state index >= 15 is 0 Å². The monoisotopic (exact) mass is 330 g/mol. The lowest BCUT2D eigenvalue weighted by Crippen LogP contribution is -2.02. The fourth-order valence-corrected chi connectivity index (χ4v) is 2.97. The first-order valence-electron chi connectivity index (χ1n) is 5.30. The number of hydrogen-bond donors (Lipinski definition) is 1. The Balaban J connectivity index is 2.23. The summed E-state index contributed by atoms with van der Waals surface area (Å²) in [6.07, 6.45) is 1.19. The van der Waals surface area contributed by atoms with Crippen molar-refractivity contribution in [2.24, 2.45) is 0 Å². The summed E-state index contributed by atoms with van der Waals surface area (Å²) in [6, 6.07) is 5.07. The van der Waals surface area contributed by atoms with Crippen LogP contribution in [-0.4, -0.2) is 14.9 Å². The van der Waals surface area contributed by atoms with Crippen LogP contribution in [0.3, 0.4) is 0 Å². The lowest BCUT2D eigenvalue weighted by molar-refractivity contribution is -0.387. The molecule has 0 aliphatic carbocycles. The molecule has 0 spiro atoms. The van der Waals surface area contributed by atoms with E-state index in [4.69, 9.17) is 28.9 Å². The molecule has 0 bridgehead atoms. The van der Waals surface area contributed by atoms with E-state index in [1.54, 1.807) is 18.2 Å². The van der Waals surface area contributed by atoms with Gasteiger partial charge in [0, 0.05) is 15.8 Å². The molecule has 20 heavy (non-hydrogen) atoms. The molecule has 0 unspecified atom stereocenters. The molecule has 104 valence electrons. The van der Waals surface area contributed by atoms with E-state index in [1.807, 2.05) is 0 Å². The number of anilines is 1. The summed E-state index contributed by atoms with van der Waals surface area (Å²) in [5.41, 5.74) is 6.00. The van der Waals surface area contributed by atoms with Gasteiger partial charge >= 0.3 is 5.69 Å². The van der Waals surface area contributed by atoms with Gasteiger partial charge in [-0.1, -0.05) is 41.0 Å². The normalized spacial score (nSPS) is 10.5. The standard InChI is InChI=1S/C11H8Cl2N4O2S/c12-7-2-1-6(8(13)3-7)4-20-11-9(17(18)19)10(14)15-5-16-11/h1-3,5H,4H2,(H2,14,15,16). The molecule has 0 radical (unpaired) electrons. The zero-order valence-corrected chi connectivity index (χ0v) is 12.2. The molecule has 2 rings (SSSR count). The molecule has 9 heteroatoms. The average Bonchev–Trinajstić information content (AvgIpc) is 2.37. The van der Waals surface area contributed by atoms with E-state index in [0.717, 1.165) is 17.3 Å². The minimum Gasteiger partial charge on any atom is -0.378 e. The molecule has 1 aromatic heterocycles. The van der Waals surface area contributed by atoms with E-state index in [-0.39, 0.29) is 16.5 Å². The number of nitrogen functional groups attached to an aromatic ring is 1. The van der Waals surface area contributed by atoms with Gasteiger partial charge < -0.3 is 5.73 Å². The van der Waals surface area contributed by atoms with E-state index < -0.39 is 4.92 Å². The van der Waals surface area contributed by atoms with Gasteiger partial charge in [-0.3, -0.25) is 10.1 Å². The Morgan fingerprint density at radius 3 is 2.75 bits per heavy atom. The number of nitrogens with zero attached hydrogens (tertiary/aromatic N) is 3. The van der Waals surface area contributed by atoms with Gasteiger partial charge in [-0.15, -0.1) is 0 Å². The minimum absolute atomic E-state index is 0.158. The van der Waals surface area contributed by atoms with Gasteiger partial charge in [0.1, 0.15) is 6.33 Å². The van der Waals surface area contributed by atoms with Crippen molar-refractivity contribution in [3.63, 3.8) is 0 Å². The lowest BCUT2D eigenvalue weighted by Gasteiger charge is -2.05. The Morgan fingerprint density at radius 1 is 1.35 bits per heavy atom. The Bertz CT molecular complexity index is 669.